The summed E-state index contributed by atoms with van der Waals surface area (Å²) >= 11 is 0. The molecule has 0 aliphatic rings. The van der Waals surface area contributed by atoms with Crippen LogP contribution in [0.2, 0.25) is 0 Å². The van der Waals surface area contributed by atoms with Crippen LogP contribution in [0, 0.1) is 12.7 Å². The van der Waals surface area contributed by atoms with E-state index < -0.39 is 6.03 Å². The molecule has 3 rings (SSSR count). The highest BCUT2D eigenvalue weighted by molar-refractivity contribution is 6.01. The van der Waals surface area contributed by atoms with Crippen LogP contribution >= 0.6 is 0 Å². The van der Waals surface area contributed by atoms with Gasteiger partial charge in [0.2, 0.25) is 5.88 Å². The third-order valence-electron chi connectivity index (χ3n) is 3.69. The Kier molecular flexibility index (Phi) is 4.42. The highest BCUT2D eigenvalue weighted by Crippen LogP contribution is 2.27. The average Bonchev–Trinajstić information content (AvgIpc) is 3.18. The summed E-state index contributed by atoms with van der Waals surface area (Å²) in [5.41, 5.74) is 1.91. The van der Waals surface area contributed by atoms with E-state index in [-0.39, 0.29) is 5.82 Å². The molecular formula is C17H18FN5O2. The minimum atomic E-state index is -0.473. The number of nitrogens with zero attached hydrogens (tertiary/aromatic N) is 3. The van der Waals surface area contributed by atoms with Gasteiger partial charge in [0.25, 0.3) is 0 Å². The summed E-state index contributed by atoms with van der Waals surface area (Å²) in [4.78, 5) is 12.3. The van der Waals surface area contributed by atoms with Crippen LogP contribution in [0.1, 0.15) is 5.69 Å². The Morgan fingerprint density at radius 3 is 2.64 bits per heavy atom. The van der Waals surface area contributed by atoms with Crippen LogP contribution < -0.4 is 15.4 Å². The van der Waals surface area contributed by atoms with Gasteiger partial charge in [0.1, 0.15) is 11.5 Å². The zero-order valence-corrected chi connectivity index (χ0v) is 14.1. The molecule has 0 unspecified atom stereocenters. The summed E-state index contributed by atoms with van der Waals surface area (Å²) in [6.45, 7) is 1.76. The van der Waals surface area contributed by atoms with Crippen molar-refractivity contribution < 1.29 is 13.9 Å². The lowest BCUT2D eigenvalue weighted by molar-refractivity contribution is 0.262. The van der Waals surface area contributed by atoms with Crippen molar-refractivity contribution >= 4 is 17.4 Å². The number of amides is 2. The number of hydrogen-bond acceptors (Lipinski definition) is 3. The minimum absolute atomic E-state index is 0.345. The van der Waals surface area contributed by atoms with E-state index in [2.05, 4.69) is 15.7 Å². The SMILES string of the molecule is COc1c(NC(=O)Nc2ccc(F)c(-n3cccc3)c2)c(C)nn1C. The van der Waals surface area contributed by atoms with Crippen molar-refractivity contribution in [2.75, 3.05) is 17.7 Å². The molecule has 0 bridgehead atoms. The first kappa shape index (κ1) is 16.6. The molecule has 3 aromatic rings. The van der Waals surface area contributed by atoms with Crippen LogP contribution in [0.25, 0.3) is 5.69 Å². The number of urea groups is 1. The molecule has 2 heterocycles. The molecular weight excluding hydrogens is 325 g/mol. The average molecular weight is 343 g/mol. The fourth-order valence-corrected chi connectivity index (χ4v) is 2.57. The number of nitrogens with one attached hydrogen (secondary N) is 2. The van der Waals surface area contributed by atoms with E-state index in [9.17, 15) is 9.18 Å². The minimum Gasteiger partial charge on any atom is -0.480 e. The first-order chi connectivity index (χ1) is 12.0. The molecule has 2 aromatic heterocycles. The monoisotopic (exact) mass is 343 g/mol. The second-order valence-electron chi connectivity index (χ2n) is 5.43. The Morgan fingerprint density at radius 2 is 1.96 bits per heavy atom. The second-order valence-corrected chi connectivity index (χ2v) is 5.43. The third kappa shape index (κ3) is 3.32. The molecule has 2 amide bonds. The molecule has 0 saturated heterocycles. The largest absolute Gasteiger partial charge is 0.480 e. The Labute approximate surface area is 144 Å². The van der Waals surface area contributed by atoms with Crippen LogP contribution in [0.15, 0.2) is 42.7 Å². The molecule has 0 atom stereocenters. The van der Waals surface area contributed by atoms with Crippen LogP contribution in [0.3, 0.4) is 0 Å². The van der Waals surface area contributed by atoms with Gasteiger partial charge in [-0.1, -0.05) is 0 Å². The predicted molar refractivity (Wildman–Crippen MR) is 92.9 cm³/mol. The van der Waals surface area contributed by atoms with Gasteiger partial charge in [0.15, 0.2) is 0 Å². The van der Waals surface area contributed by atoms with Gasteiger partial charge >= 0.3 is 6.03 Å². The standard InChI is InChI=1S/C17H18FN5O2/c1-11-15(16(25-3)22(2)21-11)20-17(24)19-12-6-7-13(18)14(10-12)23-8-4-5-9-23/h4-10H,1-3H3,(H2,19,20,24). The van der Waals surface area contributed by atoms with Gasteiger partial charge in [-0.05, 0) is 37.3 Å². The molecule has 25 heavy (non-hydrogen) atoms. The molecule has 130 valence electrons. The number of ether oxygens (including phenoxy) is 1. The maximum atomic E-state index is 14.0. The highest BCUT2D eigenvalue weighted by Gasteiger charge is 2.16. The normalized spacial score (nSPS) is 10.6. The van der Waals surface area contributed by atoms with Crippen molar-refractivity contribution in [1.29, 1.82) is 0 Å². The molecule has 0 radical (unpaired) electrons. The van der Waals surface area contributed by atoms with Crippen molar-refractivity contribution in [3.8, 4) is 11.6 Å². The number of rotatable bonds is 4. The quantitative estimate of drug-likeness (QED) is 0.763. The molecule has 8 heteroatoms. The van der Waals surface area contributed by atoms with Crippen LogP contribution in [-0.2, 0) is 7.05 Å². The Hall–Kier alpha value is -3.29. The zero-order valence-electron chi connectivity index (χ0n) is 14.1. The van der Waals surface area contributed by atoms with E-state index in [1.165, 1.54) is 23.9 Å². The first-order valence-electron chi connectivity index (χ1n) is 7.58. The molecule has 0 fully saturated rings. The summed E-state index contributed by atoms with van der Waals surface area (Å²) in [7, 11) is 3.22. The van der Waals surface area contributed by atoms with Gasteiger partial charge < -0.3 is 19.9 Å². The number of aromatic nitrogens is 3. The number of aryl methyl sites for hydroxylation is 2. The number of anilines is 2. The van der Waals surface area contributed by atoms with Crippen LogP contribution in [0.4, 0.5) is 20.6 Å². The number of hydrogen-bond donors (Lipinski definition) is 2. The van der Waals surface area contributed by atoms with Crippen molar-refractivity contribution in [2.45, 2.75) is 6.92 Å². The van der Waals surface area contributed by atoms with Gasteiger partial charge in [-0.25, -0.2) is 13.9 Å². The topological polar surface area (TPSA) is 73.1 Å². The fourth-order valence-electron chi connectivity index (χ4n) is 2.57. The van der Waals surface area contributed by atoms with E-state index >= 15 is 0 Å². The summed E-state index contributed by atoms with van der Waals surface area (Å²) in [5.74, 6) is 0.0618. The maximum Gasteiger partial charge on any atom is 0.323 e. The van der Waals surface area contributed by atoms with E-state index in [0.717, 1.165) is 0 Å². The van der Waals surface area contributed by atoms with Gasteiger partial charge in [-0.15, -0.1) is 0 Å². The number of carbonyl (C=O) groups excluding carboxylic acids is 1. The predicted octanol–water partition coefficient (Wildman–Crippen LogP) is 3.31. The maximum absolute atomic E-state index is 14.0. The molecule has 2 N–H and O–H groups in total. The van der Waals surface area contributed by atoms with Gasteiger partial charge in [-0.2, -0.15) is 5.10 Å². The lowest BCUT2D eigenvalue weighted by Gasteiger charge is -2.11. The Balaban J connectivity index is 1.79. The Bertz CT molecular complexity index is 902. The van der Waals surface area contributed by atoms with E-state index in [4.69, 9.17) is 4.74 Å². The Morgan fingerprint density at radius 1 is 1.24 bits per heavy atom. The zero-order chi connectivity index (χ0) is 18.0. The van der Waals surface area contributed by atoms with E-state index in [1.807, 2.05) is 0 Å². The smallest absolute Gasteiger partial charge is 0.323 e. The first-order valence-corrected chi connectivity index (χ1v) is 7.58. The van der Waals surface area contributed by atoms with E-state index in [0.29, 0.717) is 28.6 Å². The number of benzene rings is 1. The van der Waals surface area contributed by atoms with Gasteiger partial charge in [-0.3, -0.25) is 0 Å². The van der Waals surface area contributed by atoms with Gasteiger partial charge in [0, 0.05) is 25.1 Å². The summed E-state index contributed by atoms with van der Waals surface area (Å²) in [6, 6.07) is 7.48. The molecule has 0 spiro atoms. The van der Waals surface area contributed by atoms with Crippen LogP contribution in [-0.4, -0.2) is 27.5 Å². The number of carbonyl (C=O) groups is 1. The number of methoxy groups -OCH3 is 1. The van der Waals surface area contributed by atoms with E-state index in [1.54, 1.807) is 49.1 Å². The second kappa shape index (κ2) is 6.68. The molecule has 0 aliphatic carbocycles. The summed E-state index contributed by atoms with van der Waals surface area (Å²) < 4.78 is 22.4. The van der Waals surface area contributed by atoms with Crippen molar-refractivity contribution in [2.24, 2.45) is 7.05 Å². The number of halogens is 1. The molecule has 7 nitrogen and oxygen atoms in total. The highest BCUT2D eigenvalue weighted by atomic mass is 19.1. The van der Waals surface area contributed by atoms with Crippen molar-refractivity contribution in [3.63, 3.8) is 0 Å². The molecule has 1 aromatic carbocycles. The summed E-state index contributed by atoms with van der Waals surface area (Å²) in [6.07, 6.45) is 3.46. The van der Waals surface area contributed by atoms with Gasteiger partial charge in [0.05, 0.1) is 18.5 Å². The lowest BCUT2D eigenvalue weighted by Crippen LogP contribution is -2.20. The molecule has 0 aliphatic heterocycles. The van der Waals surface area contributed by atoms with Crippen molar-refractivity contribution in [3.05, 3.63) is 54.2 Å². The lowest BCUT2D eigenvalue weighted by atomic mass is 10.2. The third-order valence-corrected chi connectivity index (χ3v) is 3.69. The fraction of sp³-hybridized carbons (Fsp3) is 0.176. The van der Waals surface area contributed by atoms with Crippen molar-refractivity contribution in [1.82, 2.24) is 14.3 Å². The van der Waals surface area contributed by atoms with Crippen LogP contribution in [0.5, 0.6) is 5.88 Å². The molecule has 0 saturated carbocycles. The summed E-state index contributed by atoms with van der Waals surface area (Å²) in [5, 5.41) is 9.59.